The van der Waals surface area contributed by atoms with E-state index in [0.717, 1.165) is 0 Å². The van der Waals surface area contributed by atoms with Crippen LogP contribution in [0.1, 0.15) is 9.67 Å². The number of nitrogen functional groups attached to an aromatic ring is 1. The van der Waals surface area contributed by atoms with E-state index in [1.165, 1.54) is 25.6 Å². The number of aromatic nitrogens is 2. The van der Waals surface area contributed by atoms with Gasteiger partial charge in [0, 0.05) is 0 Å². The third-order valence-electron chi connectivity index (χ3n) is 1.95. The molecular formula is C9H9N3O3S. The Labute approximate surface area is 95.0 Å². The summed E-state index contributed by atoms with van der Waals surface area (Å²) in [5, 5.41) is 0.655. The summed E-state index contributed by atoms with van der Waals surface area (Å²) in [5.41, 5.74) is 5.51. The minimum atomic E-state index is -0.413. The fourth-order valence-corrected chi connectivity index (χ4v) is 2.21. The summed E-state index contributed by atoms with van der Waals surface area (Å²) in [4.78, 5) is 20.3. The van der Waals surface area contributed by atoms with Gasteiger partial charge in [0.2, 0.25) is 11.8 Å². The normalized spacial score (nSPS) is 10.4. The maximum atomic E-state index is 11.3. The number of hydrogen-bond donors (Lipinski definition) is 1. The molecule has 0 atom stereocenters. The maximum Gasteiger partial charge on any atom is 0.348 e. The molecule has 0 radical (unpaired) electrons. The molecule has 0 aromatic carbocycles. The van der Waals surface area contributed by atoms with Crippen LogP contribution in [0.15, 0.2) is 6.07 Å². The van der Waals surface area contributed by atoms with Gasteiger partial charge < -0.3 is 15.2 Å². The monoisotopic (exact) mass is 239 g/mol. The molecule has 0 fully saturated rings. The average Bonchev–Trinajstić information content (AvgIpc) is 2.70. The van der Waals surface area contributed by atoms with Gasteiger partial charge in [-0.25, -0.2) is 9.78 Å². The van der Waals surface area contributed by atoms with E-state index in [2.05, 4.69) is 14.7 Å². The van der Waals surface area contributed by atoms with Crippen molar-refractivity contribution < 1.29 is 14.3 Å². The van der Waals surface area contributed by atoms with Crippen LogP contribution in [-0.2, 0) is 4.74 Å². The highest BCUT2D eigenvalue weighted by Gasteiger charge is 2.15. The van der Waals surface area contributed by atoms with Crippen LogP contribution in [0, 0.1) is 0 Å². The minimum absolute atomic E-state index is 0.114. The molecule has 0 bridgehead atoms. The lowest BCUT2D eigenvalue weighted by molar-refractivity contribution is 0.0606. The van der Waals surface area contributed by atoms with Crippen molar-refractivity contribution in [2.75, 3.05) is 20.0 Å². The molecule has 0 aliphatic heterocycles. The summed E-state index contributed by atoms with van der Waals surface area (Å²) in [7, 11) is 2.81. The molecular weight excluding hydrogens is 230 g/mol. The minimum Gasteiger partial charge on any atom is -0.480 e. The van der Waals surface area contributed by atoms with Crippen LogP contribution >= 0.6 is 11.3 Å². The van der Waals surface area contributed by atoms with E-state index in [1.54, 1.807) is 6.07 Å². The summed E-state index contributed by atoms with van der Waals surface area (Å²) in [6.07, 6.45) is 0. The quantitative estimate of drug-likeness (QED) is 0.789. The number of hydrogen-bond acceptors (Lipinski definition) is 7. The first kappa shape index (κ1) is 10.6. The molecule has 2 aromatic rings. The second-order valence-corrected chi connectivity index (χ2v) is 3.94. The van der Waals surface area contributed by atoms with Gasteiger partial charge in [0.25, 0.3) is 0 Å². The highest BCUT2D eigenvalue weighted by Crippen LogP contribution is 2.30. The van der Waals surface area contributed by atoms with Gasteiger partial charge in [-0.3, -0.25) is 0 Å². The molecule has 84 valence electrons. The third kappa shape index (κ3) is 1.65. The number of esters is 1. The highest BCUT2D eigenvalue weighted by atomic mass is 32.1. The first-order valence-corrected chi connectivity index (χ1v) is 5.16. The molecule has 0 saturated carbocycles. The van der Waals surface area contributed by atoms with Gasteiger partial charge in [-0.05, 0) is 6.07 Å². The Morgan fingerprint density at radius 3 is 2.81 bits per heavy atom. The highest BCUT2D eigenvalue weighted by molar-refractivity contribution is 7.20. The van der Waals surface area contributed by atoms with Gasteiger partial charge in [-0.1, -0.05) is 0 Å². The second kappa shape index (κ2) is 3.93. The summed E-state index contributed by atoms with van der Waals surface area (Å²) in [6, 6.07) is 1.63. The molecule has 2 rings (SSSR count). The Balaban J connectivity index is 2.64. The van der Waals surface area contributed by atoms with Crippen molar-refractivity contribution in [3.8, 4) is 5.88 Å². The van der Waals surface area contributed by atoms with Crippen molar-refractivity contribution in [3.05, 3.63) is 10.9 Å². The van der Waals surface area contributed by atoms with E-state index in [9.17, 15) is 4.79 Å². The number of thiophene rings is 1. The summed E-state index contributed by atoms with van der Waals surface area (Å²) >= 11 is 1.19. The maximum absolute atomic E-state index is 11.3. The molecule has 6 nitrogen and oxygen atoms in total. The van der Waals surface area contributed by atoms with Gasteiger partial charge in [0.1, 0.15) is 9.71 Å². The number of nitrogens with two attached hydrogens (primary N) is 1. The van der Waals surface area contributed by atoms with E-state index >= 15 is 0 Å². The first-order chi connectivity index (χ1) is 7.65. The number of methoxy groups -OCH3 is 2. The van der Waals surface area contributed by atoms with Crippen LogP contribution < -0.4 is 10.5 Å². The van der Waals surface area contributed by atoms with Crippen molar-refractivity contribution in [1.29, 1.82) is 0 Å². The molecule has 0 amide bonds. The molecule has 16 heavy (non-hydrogen) atoms. The van der Waals surface area contributed by atoms with Crippen LogP contribution in [0.2, 0.25) is 0 Å². The van der Waals surface area contributed by atoms with E-state index < -0.39 is 5.97 Å². The Bertz CT molecular complexity index is 552. The van der Waals surface area contributed by atoms with E-state index in [1.807, 2.05) is 0 Å². The lowest BCUT2D eigenvalue weighted by atomic mass is 10.3. The molecule has 2 N–H and O–H groups in total. The number of nitrogens with zero attached hydrogens (tertiary/aromatic N) is 2. The predicted molar refractivity (Wildman–Crippen MR) is 59.7 cm³/mol. The zero-order valence-corrected chi connectivity index (χ0v) is 9.50. The number of carbonyl (C=O) groups excluding carboxylic acids is 1. The van der Waals surface area contributed by atoms with Crippen molar-refractivity contribution in [2.45, 2.75) is 0 Å². The third-order valence-corrected chi connectivity index (χ3v) is 2.96. The van der Waals surface area contributed by atoms with E-state index in [-0.39, 0.29) is 5.95 Å². The summed E-state index contributed by atoms with van der Waals surface area (Å²) < 4.78 is 9.68. The van der Waals surface area contributed by atoms with Crippen molar-refractivity contribution in [2.24, 2.45) is 0 Å². The summed E-state index contributed by atoms with van der Waals surface area (Å²) in [6.45, 7) is 0. The number of ether oxygens (including phenoxy) is 2. The van der Waals surface area contributed by atoms with Crippen LogP contribution in [0.5, 0.6) is 5.88 Å². The average molecular weight is 239 g/mol. The molecule has 0 spiro atoms. The number of rotatable bonds is 2. The molecule has 7 heteroatoms. The first-order valence-electron chi connectivity index (χ1n) is 4.35. The second-order valence-electron chi connectivity index (χ2n) is 2.91. The van der Waals surface area contributed by atoms with Gasteiger partial charge in [-0.15, -0.1) is 11.3 Å². The van der Waals surface area contributed by atoms with E-state index in [4.69, 9.17) is 10.5 Å². The fourth-order valence-electron chi connectivity index (χ4n) is 1.27. The van der Waals surface area contributed by atoms with Crippen molar-refractivity contribution >= 4 is 33.5 Å². The van der Waals surface area contributed by atoms with Crippen molar-refractivity contribution in [3.63, 3.8) is 0 Å². The molecule has 0 aliphatic rings. The number of fused-ring (bicyclic) bond motifs is 1. The zero-order chi connectivity index (χ0) is 11.7. The molecule has 2 aromatic heterocycles. The predicted octanol–water partition coefficient (Wildman–Crippen LogP) is 1.07. The molecule has 2 heterocycles. The number of anilines is 1. The Morgan fingerprint density at radius 1 is 1.44 bits per heavy atom. The summed E-state index contributed by atoms with van der Waals surface area (Å²) in [5.74, 6) is 0.0557. The van der Waals surface area contributed by atoms with Crippen LogP contribution in [0.25, 0.3) is 10.2 Å². The van der Waals surface area contributed by atoms with Crippen LogP contribution in [0.4, 0.5) is 5.95 Å². The molecule has 0 unspecified atom stereocenters. The van der Waals surface area contributed by atoms with Gasteiger partial charge >= 0.3 is 5.97 Å². The molecule has 0 saturated heterocycles. The van der Waals surface area contributed by atoms with Gasteiger partial charge in [0.15, 0.2) is 0 Å². The van der Waals surface area contributed by atoms with E-state index in [0.29, 0.717) is 21.0 Å². The molecule has 0 aliphatic carbocycles. The topological polar surface area (TPSA) is 87.3 Å². The van der Waals surface area contributed by atoms with Gasteiger partial charge in [-0.2, -0.15) is 4.98 Å². The SMILES string of the molecule is COC(=O)c1cc2c(OC)nc(N)nc2s1. The van der Waals surface area contributed by atoms with Crippen molar-refractivity contribution in [1.82, 2.24) is 9.97 Å². The zero-order valence-electron chi connectivity index (χ0n) is 8.68. The van der Waals surface area contributed by atoms with Crippen LogP contribution in [-0.4, -0.2) is 30.2 Å². The Kier molecular flexibility index (Phi) is 2.61. The smallest absolute Gasteiger partial charge is 0.348 e. The lowest BCUT2D eigenvalue weighted by Gasteiger charge is -1.99. The van der Waals surface area contributed by atoms with Gasteiger partial charge in [0.05, 0.1) is 19.6 Å². The fraction of sp³-hybridized carbons (Fsp3) is 0.222. The Hall–Kier alpha value is -1.89. The van der Waals surface area contributed by atoms with Crippen LogP contribution in [0.3, 0.4) is 0 Å². The number of carbonyl (C=O) groups is 1. The Morgan fingerprint density at radius 2 is 2.19 bits per heavy atom. The standard InChI is InChI=1S/C9H9N3O3S/c1-14-6-4-3-5(8(13)15-2)16-7(4)12-9(10)11-6/h3H,1-2H3,(H2,10,11,12). The largest absolute Gasteiger partial charge is 0.480 e. The lowest BCUT2D eigenvalue weighted by Crippen LogP contribution is -1.97.